The van der Waals surface area contributed by atoms with Crippen LogP contribution in [0.4, 0.5) is 0 Å². The molecule has 0 saturated heterocycles. The van der Waals surface area contributed by atoms with Gasteiger partial charge in [0.2, 0.25) is 5.76 Å². The number of carbonyl (C=O) groups excluding carboxylic acids is 2. The lowest BCUT2D eigenvalue weighted by atomic mass is 10.1. The van der Waals surface area contributed by atoms with Crippen LogP contribution in [0.25, 0.3) is 0 Å². The molecule has 0 aliphatic rings. The summed E-state index contributed by atoms with van der Waals surface area (Å²) in [5.74, 6) is -0.549. The third kappa shape index (κ3) is 4.83. The molecule has 0 aliphatic heterocycles. The quantitative estimate of drug-likeness (QED) is 0.361. The van der Waals surface area contributed by atoms with E-state index in [9.17, 15) is 9.59 Å². The van der Waals surface area contributed by atoms with Gasteiger partial charge in [-0.2, -0.15) is 0 Å². The molecule has 5 heteroatoms. The van der Waals surface area contributed by atoms with Crippen molar-refractivity contribution in [2.24, 2.45) is 0 Å². The summed E-state index contributed by atoms with van der Waals surface area (Å²) in [6.07, 6.45) is 3.01. The first-order chi connectivity index (χ1) is 12.7. The standard InChI is InChI=1S/C21H18O5/c22-20(25-15-4-8-16-6-2-1-3-7-16)17-10-12-18(13-11-17)26-21(23)19-9-5-14-24-19/h1-3,5-7,9-14H,4,8,15H2. The van der Waals surface area contributed by atoms with E-state index in [-0.39, 0.29) is 5.76 Å². The van der Waals surface area contributed by atoms with E-state index in [1.54, 1.807) is 30.3 Å². The molecular formula is C21H18O5. The second kappa shape index (κ2) is 8.67. The van der Waals surface area contributed by atoms with Crippen molar-refractivity contribution in [2.75, 3.05) is 6.61 Å². The summed E-state index contributed by atoms with van der Waals surface area (Å²) in [6, 6.07) is 19.4. The van der Waals surface area contributed by atoms with Gasteiger partial charge in [-0.05, 0) is 54.8 Å². The van der Waals surface area contributed by atoms with Crippen LogP contribution >= 0.6 is 0 Å². The smallest absolute Gasteiger partial charge is 0.379 e. The highest BCUT2D eigenvalue weighted by atomic mass is 16.5. The lowest BCUT2D eigenvalue weighted by Gasteiger charge is -2.06. The van der Waals surface area contributed by atoms with Gasteiger partial charge in [0.05, 0.1) is 18.4 Å². The minimum atomic E-state index is -0.591. The molecule has 1 aromatic heterocycles. The van der Waals surface area contributed by atoms with Crippen molar-refractivity contribution < 1.29 is 23.5 Å². The average molecular weight is 350 g/mol. The largest absolute Gasteiger partial charge is 0.462 e. The second-order valence-corrected chi connectivity index (χ2v) is 5.62. The number of hydrogen-bond acceptors (Lipinski definition) is 5. The van der Waals surface area contributed by atoms with Crippen LogP contribution in [0.15, 0.2) is 77.4 Å². The fourth-order valence-corrected chi connectivity index (χ4v) is 2.38. The second-order valence-electron chi connectivity index (χ2n) is 5.62. The maximum absolute atomic E-state index is 12.0. The molecule has 0 spiro atoms. The Hall–Kier alpha value is -3.34. The van der Waals surface area contributed by atoms with Crippen LogP contribution in [0.5, 0.6) is 5.75 Å². The molecule has 3 aromatic rings. The zero-order valence-corrected chi connectivity index (χ0v) is 14.1. The van der Waals surface area contributed by atoms with Gasteiger partial charge in [0.1, 0.15) is 5.75 Å². The van der Waals surface area contributed by atoms with Gasteiger partial charge in [-0.1, -0.05) is 30.3 Å². The first kappa shape index (κ1) is 17.5. The molecule has 3 rings (SSSR count). The molecule has 0 bridgehead atoms. The summed E-state index contributed by atoms with van der Waals surface area (Å²) >= 11 is 0. The van der Waals surface area contributed by atoms with E-state index in [2.05, 4.69) is 0 Å². The fourth-order valence-electron chi connectivity index (χ4n) is 2.38. The number of aryl methyl sites for hydroxylation is 1. The van der Waals surface area contributed by atoms with Crippen LogP contribution in [0.1, 0.15) is 32.9 Å². The number of furan rings is 1. The summed E-state index contributed by atoms with van der Waals surface area (Å²) in [4.78, 5) is 23.8. The number of rotatable bonds is 7. The van der Waals surface area contributed by atoms with Gasteiger partial charge in [-0.25, -0.2) is 9.59 Å². The Balaban J connectivity index is 1.45. The van der Waals surface area contributed by atoms with Gasteiger partial charge in [0, 0.05) is 0 Å². The van der Waals surface area contributed by atoms with Crippen LogP contribution < -0.4 is 4.74 Å². The predicted octanol–water partition coefficient (Wildman–Crippen LogP) is 4.29. The van der Waals surface area contributed by atoms with E-state index in [1.807, 2.05) is 30.3 Å². The molecule has 0 aliphatic carbocycles. The molecule has 0 unspecified atom stereocenters. The topological polar surface area (TPSA) is 65.7 Å². The molecule has 0 amide bonds. The highest BCUT2D eigenvalue weighted by molar-refractivity contribution is 5.90. The summed E-state index contributed by atoms with van der Waals surface area (Å²) < 4.78 is 15.4. The lowest BCUT2D eigenvalue weighted by molar-refractivity contribution is 0.0500. The van der Waals surface area contributed by atoms with Crippen LogP contribution in [0.2, 0.25) is 0 Å². The van der Waals surface area contributed by atoms with Crippen LogP contribution in [-0.4, -0.2) is 18.5 Å². The Labute approximate surface area is 151 Å². The first-order valence-electron chi connectivity index (χ1n) is 8.29. The Morgan fingerprint density at radius 2 is 1.62 bits per heavy atom. The van der Waals surface area contributed by atoms with Crippen molar-refractivity contribution in [2.45, 2.75) is 12.8 Å². The number of esters is 2. The van der Waals surface area contributed by atoms with Crippen molar-refractivity contribution >= 4 is 11.9 Å². The maximum atomic E-state index is 12.0. The van der Waals surface area contributed by atoms with Crippen molar-refractivity contribution in [3.8, 4) is 5.75 Å². The van der Waals surface area contributed by atoms with Crippen molar-refractivity contribution in [3.05, 3.63) is 89.9 Å². The van der Waals surface area contributed by atoms with Crippen LogP contribution in [0, 0.1) is 0 Å². The van der Waals surface area contributed by atoms with Crippen LogP contribution in [0.3, 0.4) is 0 Å². The molecule has 0 fully saturated rings. The Kier molecular flexibility index (Phi) is 5.83. The van der Waals surface area contributed by atoms with Gasteiger partial charge in [-0.3, -0.25) is 0 Å². The SMILES string of the molecule is O=C(OCCCc1ccccc1)c1ccc(OC(=O)c2ccco2)cc1. The van der Waals surface area contributed by atoms with Gasteiger partial charge in [0.25, 0.3) is 0 Å². The molecule has 2 aromatic carbocycles. The average Bonchev–Trinajstić information content (AvgIpc) is 3.21. The molecule has 0 radical (unpaired) electrons. The zero-order chi connectivity index (χ0) is 18.2. The molecule has 0 N–H and O–H groups in total. The molecule has 1 heterocycles. The van der Waals surface area contributed by atoms with Gasteiger partial charge >= 0.3 is 11.9 Å². The number of benzene rings is 2. The molecule has 5 nitrogen and oxygen atoms in total. The van der Waals surface area contributed by atoms with Crippen molar-refractivity contribution in [1.29, 1.82) is 0 Å². The minimum absolute atomic E-state index is 0.118. The Morgan fingerprint density at radius 1 is 0.846 bits per heavy atom. The lowest BCUT2D eigenvalue weighted by Crippen LogP contribution is -2.09. The zero-order valence-electron chi connectivity index (χ0n) is 14.1. The molecular weight excluding hydrogens is 332 g/mol. The van der Waals surface area contributed by atoms with Gasteiger partial charge in [0.15, 0.2) is 0 Å². The normalized spacial score (nSPS) is 10.3. The third-order valence-electron chi connectivity index (χ3n) is 3.71. The Bertz CT molecular complexity index is 836. The van der Waals surface area contributed by atoms with Gasteiger partial charge in [-0.15, -0.1) is 0 Å². The maximum Gasteiger partial charge on any atom is 0.379 e. The number of hydrogen-bond donors (Lipinski definition) is 0. The van der Waals surface area contributed by atoms with E-state index < -0.39 is 11.9 Å². The Morgan fingerprint density at radius 3 is 2.31 bits per heavy atom. The van der Waals surface area contributed by atoms with E-state index in [1.165, 1.54) is 17.9 Å². The van der Waals surface area contributed by atoms with E-state index in [0.717, 1.165) is 12.8 Å². The number of ether oxygens (including phenoxy) is 2. The fraction of sp³-hybridized carbons (Fsp3) is 0.143. The monoisotopic (exact) mass is 350 g/mol. The van der Waals surface area contributed by atoms with Crippen molar-refractivity contribution in [3.63, 3.8) is 0 Å². The van der Waals surface area contributed by atoms with Gasteiger partial charge < -0.3 is 13.9 Å². The molecule has 0 saturated carbocycles. The third-order valence-corrected chi connectivity index (χ3v) is 3.71. The van der Waals surface area contributed by atoms with E-state index >= 15 is 0 Å². The summed E-state index contributed by atoms with van der Waals surface area (Å²) in [6.45, 7) is 0.350. The first-order valence-corrected chi connectivity index (χ1v) is 8.29. The molecule has 132 valence electrons. The summed E-state index contributed by atoms with van der Waals surface area (Å²) in [5, 5.41) is 0. The summed E-state index contributed by atoms with van der Waals surface area (Å²) in [7, 11) is 0. The highest BCUT2D eigenvalue weighted by Crippen LogP contribution is 2.15. The predicted molar refractivity (Wildman–Crippen MR) is 95.2 cm³/mol. The van der Waals surface area contributed by atoms with E-state index in [4.69, 9.17) is 13.9 Å². The molecule has 0 atom stereocenters. The summed E-state index contributed by atoms with van der Waals surface area (Å²) in [5.41, 5.74) is 1.62. The van der Waals surface area contributed by atoms with Crippen molar-refractivity contribution in [1.82, 2.24) is 0 Å². The minimum Gasteiger partial charge on any atom is -0.462 e. The molecule has 26 heavy (non-hydrogen) atoms. The number of carbonyl (C=O) groups is 2. The van der Waals surface area contributed by atoms with E-state index in [0.29, 0.717) is 17.9 Å². The van der Waals surface area contributed by atoms with Crippen LogP contribution in [-0.2, 0) is 11.2 Å². The highest BCUT2D eigenvalue weighted by Gasteiger charge is 2.12.